The van der Waals surface area contributed by atoms with E-state index < -0.39 is 12.0 Å². The molecule has 1 aliphatic heterocycles. The van der Waals surface area contributed by atoms with Crippen LogP contribution in [0.25, 0.3) is 0 Å². The Balaban J connectivity index is 2.17. The van der Waals surface area contributed by atoms with E-state index in [1.165, 1.54) is 0 Å². The maximum atomic E-state index is 12.4. The van der Waals surface area contributed by atoms with Crippen LogP contribution in [0.2, 0.25) is 5.02 Å². The smallest absolute Gasteiger partial charge is 0.305 e. The van der Waals surface area contributed by atoms with E-state index in [1.807, 2.05) is 0 Å². The highest BCUT2D eigenvalue weighted by molar-refractivity contribution is 6.30. The Morgan fingerprint density at radius 1 is 1.47 bits per heavy atom. The van der Waals surface area contributed by atoms with Crippen LogP contribution in [-0.2, 0) is 9.53 Å². The van der Waals surface area contributed by atoms with Crippen molar-refractivity contribution in [3.8, 4) is 0 Å². The molecule has 1 saturated heterocycles. The molecule has 1 heterocycles. The molecule has 0 saturated carbocycles. The quantitative estimate of drug-likeness (QED) is 0.916. The number of nitrogens with zero attached hydrogens (tertiary/aromatic N) is 1. The van der Waals surface area contributed by atoms with Gasteiger partial charge in [0.2, 0.25) is 0 Å². The average Bonchev–Trinajstić information content (AvgIpc) is 2.38. The van der Waals surface area contributed by atoms with Crippen LogP contribution >= 0.6 is 11.6 Å². The van der Waals surface area contributed by atoms with Crippen molar-refractivity contribution in [2.24, 2.45) is 0 Å². The van der Waals surface area contributed by atoms with Crippen molar-refractivity contribution in [3.63, 3.8) is 0 Å². The number of hydrogen-bond donors (Lipinski definition) is 1. The van der Waals surface area contributed by atoms with Gasteiger partial charge in [0.25, 0.3) is 5.91 Å². The number of ether oxygens (including phenoxy) is 1. The summed E-state index contributed by atoms with van der Waals surface area (Å²) in [5, 5.41) is 9.35. The van der Waals surface area contributed by atoms with Crippen molar-refractivity contribution in [1.82, 2.24) is 4.90 Å². The summed E-state index contributed by atoms with van der Waals surface area (Å²) in [6, 6.07) is 6.20. The second-order valence-electron chi connectivity index (χ2n) is 4.34. The first-order valence-electron chi connectivity index (χ1n) is 5.94. The number of amides is 1. The Bertz CT molecular complexity index is 491. The number of benzene rings is 1. The fraction of sp³-hybridized carbons (Fsp3) is 0.385. The van der Waals surface area contributed by atoms with Gasteiger partial charge in [0.1, 0.15) is 0 Å². The Morgan fingerprint density at radius 3 is 2.95 bits per heavy atom. The molecular weight excluding hydrogens is 270 g/mol. The molecule has 2 rings (SSSR count). The van der Waals surface area contributed by atoms with Gasteiger partial charge in [-0.15, -0.1) is 0 Å². The van der Waals surface area contributed by atoms with Gasteiger partial charge in [-0.1, -0.05) is 17.7 Å². The lowest BCUT2D eigenvalue weighted by molar-refractivity contribution is -0.139. The number of morpholine rings is 1. The molecule has 1 aliphatic rings. The topological polar surface area (TPSA) is 66.8 Å². The van der Waals surface area contributed by atoms with Crippen LogP contribution in [0.15, 0.2) is 24.3 Å². The molecule has 1 aromatic rings. The Kier molecular flexibility index (Phi) is 4.39. The summed E-state index contributed by atoms with van der Waals surface area (Å²) in [5.41, 5.74) is 0.463. The van der Waals surface area contributed by atoms with E-state index in [0.29, 0.717) is 23.7 Å². The number of hydrogen-bond acceptors (Lipinski definition) is 3. The van der Waals surface area contributed by atoms with Gasteiger partial charge in [-0.25, -0.2) is 0 Å². The molecule has 1 atom stereocenters. The van der Waals surface area contributed by atoms with Gasteiger partial charge >= 0.3 is 5.97 Å². The van der Waals surface area contributed by atoms with Crippen LogP contribution in [0.4, 0.5) is 0 Å². The minimum atomic E-state index is -0.945. The molecule has 0 radical (unpaired) electrons. The molecule has 1 N–H and O–H groups in total. The summed E-state index contributed by atoms with van der Waals surface area (Å²) in [5.74, 6) is -1.16. The van der Waals surface area contributed by atoms with E-state index >= 15 is 0 Å². The van der Waals surface area contributed by atoms with Crippen molar-refractivity contribution < 1.29 is 19.4 Å². The first-order valence-corrected chi connectivity index (χ1v) is 6.32. The maximum absolute atomic E-state index is 12.4. The highest BCUT2D eigenvalue weighted by Gasteiger charge is 2.29. The third-order valence-electron chi connectivity index (χ3n) is 2.97. The summed E-state index contributed by atoms with van der Waals surface area (Å²) in [6.45, 7) is 1.06. The van der Waals surface area contributed by atoms with Gasteiger partial charge in [0.15, 0.2) is 0 Å². The van der Waals surface area contributed by atoms with Gasteiger partial charge in [-0.2, -0.15) is 0 Å². The third-order valence-corrected chi connectivity index (χ3v) is 3.21. The lowest BCUT2D eigenvalue weighted by Gasteiger charge is -2.34. The Hall–Kier alpha value is -1.59. The predicted octanol–water partition coefficient (Wildman–Crippen LogP) is 1.66. The Morgan fingerprint density at radius 2 is 2.26 bits per heavy atom. The van der Waals surface area contributed by atoms with Gasteiger partial charge in [0, 0.05) is 17.1 Å². The molecule has 0 bridgehead atoms. The van der Waals surface area contributed by atoms with E-state index in [0.717, 1.165) is 0 Å². The SMILES string of the molecule is O=C(O)CC1COCCN1C(=O)c1cccc(Cl)c1. The molecule has 5 nitrogen and oxygen atoms in total. The van der Waals surface area contributed by atoms with E-state index in [-0.39, 0.29) is 18.9 Å². The fourth-order valence-electron chi connectivity index (χ4n) is 2.08. The first-order chi connectivity index (χ1) is 9.08. The van der Waals surface area contributed by atoms with Crippen molar-refractivity contribution in [2.75, 3.05) is 19.8 Å². The van der Waals surface area contributed by atoms with Gasteiger partial charge < -0.3 is 14.7 Å². The van der Waals surface area contributed by atoms with Gasteiger partial charge in [-0.05, 0) is 18.2 Å². The summed E-state index contributed by atoms with van der Waals surface area (Å²) in [6.07, 6.45) is -0.119. The normalized spacial score (nSPS) is 19.2. The second kappa shape index (κ2) is 6.04. The molecule has 6 heteroatoms. The highest BCUT2D eigenvalue weighted by Crippen LogP contribution is 2.17. The largest absolute Gasteiger partial charge is 0.481 e. The molecule has 19 heavy (non-hydrogen) atoms. The molecule has 102 valence electrons. The van der Waals surface area contributed by atoms with E-state index in [4.69, 9.17) is 21.4 Å². The summed E-state index contributed by atoms with van der Waals surface area (Å²) < 4.78 is 5.24. The standard InChI is InChI=1S/C13H14ClNO4/c14-10-3-1-2-9(6-10)13(18)15-4-5-19-8-11(15)7-12(16)17/h1-3,6,11H,4-5,7-8H2,(H,16,17). The lowest BCUT2D eigenvalue weighted by Crippen LogP contribution is -2.49. The molecule has 1 fully saturated rings. The maximum Gasteiger partial charge on any atom is 0.305 e. The summed E-state index contributed by atoms with van der Waals surface area (Å²) >= 11 is 5.86. The molecular formula is C13H14ClNO4. The van der Waals surface area contributed by atoms with E-state index in [2.05, 4.69) is 0 Å². The van der Waals surface area contributed by atoms with Crippen molar-refractivity contribution in [2.45, 2.75) is 12.5 Å². The molecule has 1 unspecified atom stereocenters. The lowest BCUT2D eigenvalue weighted by atomic mass is 10.1. The number of carbonyl (C=O) groups excluding carboxylic acids is 1. The van der Waals surface area contributed by atoms with Crippen LogP contribution in [0.5, 0.6) is 0 Å². The number of rotatable bonds is 3. The van der Waals surface area contributed by atoms with Gasteiger partial charge in [-0.3, -0.25) is 9.59 Å². The van der Waals surface area contributed by atoms with Crippen molar-refractivity contribution in [3.05, 3.63) is 34.9 Å². The van der Waals surface area contributed by atoms with Crippen molar-refractivity contribution in [1.29, 1.82) is 0 Å². The number of halogens is 1. The first kappa shape index (κ1) is 13.8. The Labute approximate surface area is 115 Å². The third kappa shape index (κ3) is 3.45. The number of carbonyl (C=O) groups is 2. The van der Waals surface area contributed by atoms with E-state index in [1.54, 1.807) is 29.2 Å². The van der Waals surface area contributed by atoms with Crippen LogP contribution in [-0.4, -0.2) is 47.7 Å². The average molecular weight is 284 g/mol. The molecule has 0 spiro atoms. The fourth-order valence-corrected chi connectivity index (χ4v) is 2.27. The van der Waals surface area contributed by atoms with Crippen LogP contribution in [0, 0.1) is 0 Å². The predicted molar refractivity (Wildman–Crippen MR) is 69.3 cm³/mol. The molecule has 0 aliphatic carbocycles. The monoisotopic (exact) mass is 283 g/mol. The van der Waals surface area contributed by atoms with Gasteiger partial charge in [0.05, 0.1) is 25.7 Å². The van der Waals surface area contributed by atoms with Crippen LogP contribution in [0.1, 0.15) is 16.8 Å². The number of carboxylic acids is 1. The summed E-state index contributed by atoms with van der Waals surface area (Å²) in [4.78, 5) is 24.7. The highest BCUT2D eigenvalue weighted by atomic mass is 35.5. The molecule has 0 aromatic heterocycles. The number of carboxylic acid groups (broad SMARTS) is 1. The molecule has 1 amide bonds. The number of aliphatic carboxylic acids is 1. The second-order valence-corrected chi connectivity index (χ2v) is 4.77. The minimum absolute atomic E-state index is 0.119. The van der Waals surface area contributed by atoms with Crippen LogP contribution in [0.3, 0.4) is 0 Å². The zero-order valence-corrected chi connectivity index (χ0v) is 11.0. The van der Waals surface area contributed by atoms with Crippen LogP contribution < -0.4 is 0 Å². The minimum Gasteiger partial charge on any atom is -0.481 e. The summed E-state index contributed by atoms with van der Waals surface area (Å²) in [7, 11) is 0. The van der Waals surface area contributed by atoms with E-state index in [9.17, 15) is 9.59 Å². The zero-order chi connectivity index (χ0) is 13.8. The zero-order valence-electron chi connectivity index (χ0n) is 10.2. The molecule has 1 aromatic carbocycles. The van der Waals surface area contributed by atoms with Crippen molar-refractivity contribution >= 4 is 23.5 Å².